The van der Waals surface area contributed by atoms with Crippen molar-refractivity contribution < 1.29 is 18.4 Å². The maximum absolute atomic E-state index is 13.6. The minimum atomic E-state index is -0.801. The van der Waals surface area contributed by atoms with E-state index in [1.165, 1.54) is 18.2 Å². The summed E-state index contributed by atoms with van der Waals surface area (Å²) in [5, 5.41) is 3.87. The first-order valence-electron chi connectivity index (χ1n) is 7.05. The smallest absolute Gasteiger partial charge is 0.341 e. The highest BCUT2D eigenvalue weighted by molar-refractivity contribution is 9.10. The molecule has 5 nitrogen and oxygen atoms in total. The van der Waals surface area contributed by atoms with Crippen LogP contribution in [0.25, 0.3) is 11.4 Å². The predicted octanol–water partition coefficient (Wildman–Crippen LogP) is 4.30. The number of carbonyl (C=O) groups excluding carboxylic acids is 1. The molecule has 0 N–H and O–H groups in total. The number of hydrogen-bond acceptors (Lipinski definition) is 5. The molecular formula is C17H12BrFN2O3. The number of hydrogen-bond donors (Lipinski definition) is 0. The third-order valence-electron chi connectivity index (χ3n) is 3.33. The predicted molar refractivity (Wildman–Crippen MR) is 87.7 cm³/mol. The van der Waals surface area contributed by atoms with Crippen molar-refractivity contribution in [2.45, 2.75) is 13.5 Å². The highest BCUT2D eigenvalue weighted by Crippen LogP contribution is 2.20. The van der Waals surface area contributed by atoms with Crippen molar-refractivity contribution in [2.75, 3.05) is 0 Å². The Morgan fingerprint density at radius 1 is 1.29 bits per heavy atom. The van der Waals surface area contributed by atoms with Gasteiger partial charge in [0, 0.05) is 10.0 Å². The maximum Gasteiger partial charge on any atom is 0.341 e. The topological polar surface area (TPSA) is 65.2 Å². The molecule has 1 aromatic heterocycles. The number of halogens is 2. The van der Waals surface area contributed by atoms with E-state index in [-0.39, 0.29) is 18.1 Å². The molecule has 2 aromatic carbocycles. The lowest BCUT2D eigenvalue weighted by atomic mass is 10.1. The first-order valence-corrected chi connectivity index (χ1v) is 7.84. The van der Waals surface area contributed by atoms with E-state index in [1.807, 2.05) is 31.2 Å². The summed E-state index contributed by atoms with van der Waals surface area (Å²) in [6.07, 6.45) is 0. The lowest BCUT2D eigenvalue weighted by molar-refractivity contribution is 0.0424. The van der Waals surface area contributed by atoms with Crippen molar-refractivity contribution in [1.82, 2.24) is 10.1 Å². The summed E-state index contributed by atoms with van der Waals surface area (Å²) in [6, 6.07) is 11.6. The molecule has 0 aliphatic carbocycles. The van der Waals surface area contributed by atoms with Gasteiger partial charge in [0.1, 0.15) is 5.82 Å². The Balaban J connectivity index is 1.71. The van der Waals surface area contributed by atoms with Gasteiger partial charge < -0.3 is 9.26 Å². The number of carbonyl (C=O) groups is 1. The molecule has 0 fully saturated rings. The van der Waals surface area contributed by atoms with E-state index in [0.717, 1.165) is 11.1 Å². The van der Waals surface area contributed by atoms with Crippen molar-refractivity contribution >= 4 is 21.9 Å². The molecule has 122 valence electrons. The summed E-state index contributed by atoms with van der Waals surface area (Å²) in [5.41, 5.74) is 1.66. The third kappa shape index (κ3) is 3.51. The Labute approximate surface area is 145 Å². The Bertz CT molecular complexity index is 895. The first-order chi connectivity index (χ1) is 11.5. The Morgan fingerprint density at radius 3 is 2.88 bits per heavy atom. The molecule has 0 aliphatic heterocycles. The Hall–Kier alpha value is -2.54. The van der Waals surface area contributed by atoms with Crippen LogP contribution in [0.15, 0.2) is 51.5 Å². The molecule has 0 atom stereocenters. The molecule has 0 unspecified atom stereocenters. The molecule has 0 aliphatic rings. The molecule has 0 amide bonds. The molecular weight excluding hydrogens is 379 g/mol. The van der Waals surface area contributed by atoms with E-state index in [0.29, 0.717) is 10.3 Å². The van der Waals surface area contributed by atoms with Gasteiger partial charge in [0.15, 0.2) is 6.61 Å². The van der Waals surface area contributed by atoms with Crippen LogP contribution in [0.3, 0.4) is 0 Å². The standard InChI is InChI=1S/C17H12BrFN2O3/c1-10-4-2-3-5-12(10)16-20-15(24-21-16)9-23-17(22)13-8-11(18)6-7-14(13)19/h2-8H,9H2,1H3. The van der Waals surface area contributed by atoms with E-state index < -0.39 is 11.8 Å². The van der Waals surface area contributed by atoms with Crippen LogP contribution >= 0.6 is 15.9 Å². The van der Waals surface area contributed by atoms with Gasteiger partial charge in [-0.2, -0.15) is 4.98 Å². The molecule has 7 heteroatoms. The van der Waals surface area contributed by atoms with Gasteiger partial charge in [-0.05, 0) is 30.7 Å². The largest absolute Gasteiger partial charge is 0.452 e. The van der Waals surface area contributed by atoms with Crippen molar-refractivity contribution in [2.24, 2.45) is 0 Å². The zero-order valence-electron chi connectivity index (χ0n) is 12.6. The first kappa shape index (κ1) is 16.3. The van der Waals surface area contributed by atoms with Crippen LogP contribution in [0, 0.1) is 12.7 Å². The number of rotatable bonds is 4. The van der Waals surface area contributed by atoms with E-state index in [4.69, 9.17) is 9.26 Å². The minimum absolute atomic E-state index is 0.136. The lowest BCUT2D eigenvalue weighted by Crippen LogP contribution is -2.07. The minimum Gasteiger partial charge on any atom is -0.452 e. The zero-order chi connectivity index (χ0) is 17.1. The second-order valence-electron chi connectivity index (χ2n) is 5.03. The van der Waals surface area contributed by atoms with E-state index in [9.17, 15) is 9.18 Å². The van der Waals surface area contributed by atoms with Gasteiger partial charge in [-0.1, -0.05) is 45.4 Å². The quantitative estimate of drug-likeness (QED) is 0.621. The number of benzene rings is 2. The fourth-order valence-electron chi connectivity index (χ4n) is 2.11. The maximum atomic E-state index is 13.6. The fourth-order valence-corrected chi connectivity index (χ4v) is 2.47. The molecule has 0 saturated heterocycles. The van der Waals surface area contributed by atoms with Crippen molar-refractivity contribution in [3.63, 3.8) is 0 Å². The molecule has 3 rings (SSSR count). The number of ether oxygens (including phenoxy) is 1. The lowest BCUT2D eigenvalue weighted by Gasteiger charge is -2.03. The van der Waals surface area contributed by atoms with Gasteiger partial charge in [-0.25, -0.2) is 9.18 Å². The molecule has 24 heavy (non-hydrogen) atoms. The molecule has 3 aromatic rings. The number of nitrogens with zero attached hydrogens (tertiary/aromatic N) is 2. The average molecular weight is 391 g/mol. The van der Waals surface area contributed by atoms with Crippen LogP contribution in [-0.2, 0) is 11.3 Å². The summed E-state index contributed by atoms with van der Waals surface area (Å²) in [7, 11) is 0. The Morgan fingerprint density at radius 2 is 2.08 bits per heavy atom. The highest BCUT2D eigenvalue weighted by Gasteiger charge is 2.16. The zero-order valence-corrected chi connectivity index (χ0v) is 14.2. The normalized spacial score (nSPS) is 10.6. The van der Waals surface area contributed by atoms with Crippen molar-refractivity contribution in [3.05, 3.63) is 69.8 Å². The van der Waals surface area contributed by atoms with Crippen LogP contribution in [0.5, 0.6) is 0 Å². The van der Waals surface area contributed by atoms with Gasteiger partial charge in [0.05, 0.1) is 5.56 Å². The highest BCUT2D eigenvalue weighted by atomic mass is 79.9. The van der Waals surface area contributed by atoms with Gasteiger partial charge in [-0.3, -0.25) is 0 Å². The van der Waals surface area contributed by atoms with Crippen molar-refractivity contribution in [1.29, 1.82) is 0 Å². The summed E-state index contributed by atoms with van der Waals surface area (Å²) in [4.78, 5) is 16.1. The molecule has 0 radical (unpaired) electrons. The second-order valence-corrected chi connectivity index (χ2v) is 5.94. The summed E-state index contributed by atoms with van der Waals surface area (Å²) in [5.74, 6) is -0.913. The van der Waals surface area contributed by atoms with Gasteiger partial charge in [-0.15, -0.1) is 0 Å². The number of aryl methyl sites for hydroxylation is 1. The SMILES string of the molecule is Cc1ccccc1-c1noc(COC(=O)c2cc(Br)ccc2F)n1. The summed E-state index contributed by atoms with van der Waals surface area (Å²) in [6.45, 7) is 1.70. The van der Waals surface area contributed by atoms with E-state index >= 15 is 0 Å². The van der Waals surface area contributed by atoms with Crippen LogP contribution in [0.1, 0.15) is 21.8 Å². The van der Waals surface area contributed by atoms with Crippen LogP contribution < -0.4 is 0 Å². The molecule has 1 heterocycles. The third-order valence-corrected chi connectivity index (χ3v) is 3.82. The Kier molecular flexibility index (Phi) is 4.71. The molecule has 0 saturated carbocycles. The summed E-state index contributed by atoms with van der Waals surface area (Å²) >= 11 is 3.18. The molecule has 0 spiro atoms. The monoisotopic (exact) mass is 390 g/mol. The summed E-state index contributed by atoms with van der Waals surface area (Å²) < 4.78 is 24.3. The van der Waals surface area contributed by atoms with Crippen LogP contribution in [0.4, 0.5) is 4.39 Å². The van der Waals surface area contributed by atoms with Crippen LogP contribution in [-0.4, -0.2) is 16.1 Å². The number of aromatic nitrogens is 2. The average Bonchev–Trinajstić information content (AvgIpc) is 3.04. The van der Waals surface area contributed by atoms with E-state index in [2.05, 4.69) is 26.1 Å². The molecule has 0 bridgehead atoms. The second kappa shape index (κ2) is 6.92. The van der Waals surface area contributed by atoms with Gasteiger partial charge in [0.25, 0.3) is 5.89 Å². The van der Waals surface area contributed by atoms with Crippen molar-refractivity contribution in [3.8, 4) is 11.4 Å². The number of esters is 1. The van der Waals surface area contributed by atoms with Gasteiger partial charge in [0.2, 0.25) is 5.82 Å². The van der Waals surface area contributed by atoms with Crippen LogP contribution in [0.2, 0.25) is 0 Å². The van der Waals surface area contributed by atoms with Gasteiger partial charge >= 0.3 is 5.97 Å². The van der Waals surface area contributed by atoms with E-state index in [1.54, 1.807) is 0 Å². The fraction of sp³-hybridized carbons (Fsp3) is 0.118.